The van der Waals surface area contributed by atoms with Crippen LogP contribution in [0.1, 0.15) is 13.8 Å². The molecule has 0 bridgehead atoms. The molecule has 0 radical (unpaired) electrons. The predicted molar refractivity (Wildman–Crippen MR) is 79.1 cm³/mol. The zero-order chi connectivity index (χ0) is 15.8. The van der Waals surface area contributed by atoms with Crippen LogP contribution in [-0.4, -0.2) is 30.5 Å². The van der Waals surface area contributed by atoms with E-state index < -0.39 is 15.0 Å². The van der Waals surface area contributed by atoms with Crippen molar-refractivity contribution in [2.75, 3.05) is 11.4 Å². The molecule has 2 rings (SSSR count). The molecule has 7 heteroatoms. The van der Waals surface area contributed by atoms with E-state index in [1.54, 1.807) is 18.2 Å². The summed E-state index contributed by atoms with van der Waals surface area (Å²) in [5.41, 5.74) is 0.587. The van der Waals surface area contributed by atoms with Crippen LogP contribution in [0.15, 0.2) is 35.2 Å². The Labute approximate surface area is 122 Å². The maximum Gasteiger partial charge on any atom is 0.294 e. The summed E-state index contributed by atoms with van der Waals surface area (Å²) in [6.07, 6.45) is 0. The number of fused-ring (bicyclic) bond motifs is 1. The van der Waals surface area contributed by atoms with Gasteiger partial charge in [0.05, 0.1) is 4.90 Å². The summed E-state index contributed by atoms with van der Waals surface area (Å²) in [6.45, 7) is 3.71. The minimum absolute atomic E-state index is 0.146. The number of nitrogens with zero attached hydrogens (tertiary/aromatic N) is 1. The van der Waals surface area contributed by atoms with E-state index in [1.807, 2.05) is 6.92 Å². The van der Waals surface area contributed by atoms with E-state index in [1.165, 1.54) is 17.9 Å². The van der Waals surface area contributed by atoms with Gasteiger partial charge in [-0.25, -0.2) is 0 Å². The second kappa shape index (κ2) is 5.34. The van der Waals surface area contributed by atoms with E-state index in [0.29, 0.717) is 23.0 Å². The third-order valence-corrected chi connectivity index (χ3v) is 4.03. The molecule has 1 amide bonds. The molecular weight excluding hydrogens is 294 g/mol. The van der Waals surface area contributed by atoms with Gasteiger partial charge in [0.25, 0.3) is 10.1 Å². The molecule has 0 saturated carbocycles. The highest BCUT2D eigenvalue weighted by Crippen LogP contribution is 2.31. The molecule has 0 unspecified atom stereocenters. The average molecular weight is 309 g/mol. The topological polar surface area (TPSA) is 94.9 Å². The molecule has 0 aliphatic carbocycles. The third-order valence-electron chi connectivity index (χ3n) is 3.19. The highest BCUT2D eigenvalue weighted by molar-refractivity contribution is 7.85. The molecule has 2 aromatic rings. The third kappa shape index (κ3) is 2.98. The van der Waals surface area contributed by atoms with Crippen LogP contribution in [0, 0.1) is 0 Å². The monoisotopic (exact) mass is 309 g/mol. The summed E-state index contributed by atoms with van der Waals surface area (Å²) < 4.78 is 31.5. The number of rotatable bonds is 3. The van der Waals surface area contributed by atoms with E-state index >= 15 is 0 Å². The Morgan fingerprint density at radius 1 is 1.24 bits per heavy atom. The summed E-state index contributed by atoms with van der Waals surface area (Å²) in [4.78, 5) is 12.7. The number of aromatic hydroxyl groups is 1. The molecule has 0 saturated heterocycles. The molecule has 0 heterocycles. The van der Waals surface area contributed by atoms with Crippen molar-refractivity contribution in [3.05, 3.63) is 30.3 Å². The average Bonchev–Trinajstić information content (AvgIpc) is 2.37. The first-order valence-electron chi connectivity index (χ1n) is 6.26. The number of hydrogen-bond donors (Lipinski definition) is 2. The lowest BCUT2D eigenvalue weighted by molar-refractivity contribution is -0.116. The quantitative estimate of drug-likeness (QED) is 0.847. The van der Waals surface area contributed by atoms with E-state index in [2.05, 4.69) is 0 Å². The van der Waals surface area contributed by atoms with Crippen LogP contribution in [-0.2, 0) is 14.9 Å². The summed E-state index contributed by atoms with van der Waals surface area (Å²) in [5.74, 6) is -0.399. The van der Waals surface area contributed by atoms with Crippen LogP contribution in [0.25, 0.3) is 10.8 Å². The number of amides is 1. The number of carbonyl (C=O) groups excluding carboxylic acids is 1. The standard InChI is InChI=1S/C14H15NO5S/c1-3-15(9(2)16)11-4-5-13-10(6-11)7-12(8-14(13)17)21(18,19)20/h4-8,17H,3H2,1-2H3,(H,18,19,20). The largest absolute Gasteiger partial charge is 0.507 e. The minimum atomic E-state index is -4.41. The Morgan fingerprint density at radius 3 is 2.43 bits per heavy atom. The maximum absolute atomic E-state index is 11.5. The van der Waals surface area contributed by atoms with Crippen molar-refractivity contribution in [2.24, 2.45) is 0 Å². The van der Waals surface area contributed by atoms with E-state index in [4.69, 9.17) is 4.55 Å². The van der Waals surface area contributed by atoms with Crippen molar-refractivity contribution >= 4 is 32.5 Å². The molecule has 0 atom stereocenters. The second-order valence-electron chi connectivity index (χ2n) is 4.59. The highest BCUT2D eigenvalue weighted by atomic mass is 32.2. The van der Waals surface area contributed by atoms with Gasteiger partial charge >= 0.3 is 0 Å². The number of phenolic OH excluding ortho intramolecular Hbond substituents is 1. The van der Waals surface area contributed by atoms with Crippen molar-refractivity contribution in [1.29, 1.82) is 0 Å². The zero-order valence-electron chi connectivity index (χ0n) is 11.6. The molecule has 2 aromatic carbocycles. The summed E-state index contributed by atoms with van der Waals surface area (Å²) in [6, 6.07) is 7.09. The van der Waals surface area contributed by atoms with Gasteiger partial charge in [-0.1, -0.05) is 0 Å². The van der Waals surface area contributed by atoms with Gasteiger partial charge in [0, 0.05) is 30.6 Å². The lowest BCUT2D eigenvalue weighted by Crippen LogP contribution is -2.27. The van der Waals surface area contributed by atoms with Gasteiger partial charge < -0.3 is 10.0 Å². The first kappa shape index (κ1) is 15.3. The fourth-order valence-electron chi connectivity index (χ4n) is 2.21. The van der Waals surface area contributed by atoms with Crippen LogP contribution >= 0.6 is 0 Å². The molecule has 0 aliphatic rings. The maximum atomic E-state index is 11.5. The first-order chi connectivity index (χ1) is 9.74. The van der Waals surface area contributed by atoms with Crippen LogP contribution in [0.2, 0.25) is 0 Å². The normalized spacial score (nSPS) is 11.6. The van der Waals surface area contributed by atoms with Crippen molar-refractivity contribution < 1.29 is 22.9 Å². The molecule has 21 heavy (non-hydrogen) atoms. The summed E-state index contributed by atoms with van der Waals surface area (Å²) >= 11 is 0. The molecule has 2 N–H and O–H groups in total. The Hall–Kier alpha value is -2.12. The Kier molecular flexibility index (Phi) is 3.89. The molecule has 6 nitrogen and oxygen atoms in total. The Bertz CT molecular complexity index is 813. The lowest BCUT2D eigenvalue weighted by atomic mass is 10.1. The lowest BCUT2D eigenvalue weighted by Gasteiger charge is -2.19. The van der Waals surface area contributed by atoms with Crippen molar-refractivity contribution in [3.8, 4) is 5.75 Å². The van der Waals surface area contributed by atoms with E-state index in [-0.39, 0.29) is 11.7 Å². The van der Waals surface area contributed by atoms with E-state index in [0.717, 1.165) is 6.07 Å². The minimum Gasteiger partial charge on any atom is -0.507 e. The molecule has 0 aliphatic heterocycles. The highest BCUT2D eigenvalue weighted by Gasteiger charge is 2.15. The van der Waals surface area contributed by atoms with Crippen LogP contribution < -0.4 is 4.90 Å². The fourth-order valence-corrected chi connectivity index (χ4v) is 2.75. The molecule has 112 valence electrons. The van der Waals surface area contributed by atoms with Crippen molar-refractivity contribution in [1.82, 2.24) is 0 Å². The van der Waals surface area contributed by atoms with Crippen LogP contribution in [0.3, 0.4) is 0 Å². The molecular formula is C14H15NO5S. The Morgan fingerprint density at radius 2 is 1.90 bits per heavy atom. The van der Waals surface area contributed by atoms with Gasteiger partial charge in [-0.05, 0) is 36.6 Å². The van der Waals surface area contributed by atoms with Gasteiger partial charge in [0.15, 0.2) is 0 Å². The smallest absolute Gasteiger partial charge is 0.294 e. The van der Waals surface area contributed by atoms with Gasteiger partial charge in [-0.2, -0.15) is 8.42 Å². The van der Waals surface area contributed by atoms with Crippen molar-refractivity contribution in [3.63, 3.8) is 0 Å². The van der Waals surface area contributed by atoms with Gasteiger partial charge in [0.2, 0.25) is 5.91 Å². The van der Waals surface area contributed by atoms with Crippen LogP contribution in [0.4, 0.5) is 5.69 Å². The van der Waals surface area contributed by atoms with Gasteiger partial charge in [0.1, 0.15) is 5.75 Å². The number of hydrogen-bond acceptors (Lipinski definition) is 4. The number of anilines is 1. The SMILES string of the molecule is CCN(C(C)=O)c1ccc2c(O)cc(S(=O)(=O)O)cc2c1. The molecule has 0 spiro atoms. The van der Waals surface area contributed by atoms with Gasteiger partial charge in [-0.3, -0.25) is 9.35 Å². The summed E-state index contributed by atoms with van der Waals surface area (Å²) in [5, 5.41) is 10.7. The first-order valence-corrected chi connectivity index (χ1v) is 7.70. The number of phenols is 1. The fraction of sp³-hybridized carbons (Fsp3) is 0.214. The molecule has 0 aromatic heterocycles. The summed E-state index contributed by atoms with van der Waals surface area (Å²) in [7, 11) is -4.41. The second-order valence-corrected chi connectivity index (χ2v) is 6.01. The van der Waals surface area contributed by atoms with E-state index in [9.17, 15) is 18.3 Å². The van der Waals surface area contributed by atoms with Gasteiger partial charge in [-0.15, -0.1) is 0 Å². The van der Waals surface area contributed by atoms with Crippen LogP contribution in [0.5, 0.6) is 5.75 Å². The predicted octanol–water partition coefficient (Wildman–Crippen LogP) is 2.16. The number of benzene rings is 2. The Balaban J connectivity index is 2.69. The molecule has 0 fully saturated rings. The number of carbonyl (C=O) groups is 1. The van der Waals surface area contributed by atoms with Crippen molar-refractivity contribution in [2.45, 2.75) is 18.7 Å². The zero-order valence-corrected chi connectivity index (χ0v) is 12.4.